The van der Waals surface area contributed by atoms with Gasteiger partial charge in [-0.15, -0.1) is 0 Å². The SMILES string of the molecule is CCOC(=O)C(C(=O)OCC)=c1ccc2c(c1)N1C(c3ccccc3)=CC(c3ccccc3)C3CCCCC31N=2. The Kier molecular flexibility index (Phi) is 7.01. The van der Waals surface area contributed by atoms with Gasteiger partial charge in [-0.1, -0.05) is 79.2 Å². The van der Waals surface area contributed by atoms with Crippen LogP contribution in [0.4, 0.5) is 5.69 Å². The van der Waals surface area contributed by atoms with Crippen LogP contribution in [0.2, 0.25) is 0 Å². The number of fused-ring (bicyclic) bond motifs is 2. The molecule has 1 saturated carbocycles. The molecule has 6 nitrogen and oxygen atoms in total. The van der Waals surface area contributed by atoms with E-state index >= 15 is 0 Å². The average Bonchev–Trinajstić information content (AvgIpc) is 3.31. The van der Waals surface area contributed by atoms with Gasteiger partial charge in [0.05, 0.1) is 24.3 Å². The van der Waals surface area contributed by atoms with E-state index in [9.17, 15) is 9.59 Å². The Labute approximate surface area is 234 Å². The van der Waals surface area contributed by atoms with Crippen LogP contribution in [0.15, 0.2) is 89.9 Å². The van der Waals surface area contributed by atoms with Gasteiger partial charge in [-0.05, 0) is 61.6 Å². The summed E-state index contributed by atoms with van der Waals surface area (Å²) in [6.07, 6.45) is 6.66. The summed E-state index contributed by atoms with van der Waals surface area (Å²) in [5.74, 6) is -0.859. The number of nitrogens with zero attached hydrogens (tertiary/aromatic N) is 2. The van der Waals surface area contributed by atoms with E-state index in [1.54, 1.807) is 19.9 Å². The van der Waals surface area contributed by atoms with E-state index in [0.717, 1.165) is 41.6 Å². The van der Waals surface area contributed by atoms with Crippen LogP contribution in [0.3, 0.4) is 0 Å². The van der Waals surface area contributed by atoms with Crippen molar-refractivity contribution < 1.29 is 19.1 Å². The highest BCUT2D eigenvalue weighted by Gasteiger charge is 2.55. The number of hydrogen-bond acceptors (Lipinski definition) is 6. The highest BCUT2D eigenvalue weighted by Crippen LogP contribution is 2.55. The summed E-state index contributed by atoms with van der Waals surface area (Å²) < 4.78 is 10.5. The zero-order valence-electron chi connectivity index (χ0n) is 23.0. The van der Waals surface area contributed by atoms with Crippen molar-refractivity contribution >= 4 is 28.9 Å². The fourth-order valence-corrected chi connectivity index (χ4v) is 6.73. The molecule has 2 aliphatic heterocycles. The molecule has 3 aromatic carbocycles. The van der Waals surface area contributed by atoms with E-state index in [-0.39, 0.29) is 30.6 Å². The van der Waals surface area contributed by atoms with Crippen molar-refractivity contribution in [3.8, 4) is 0 Å². The summed E-state index contributed by atoms with van der Waals surface area (Å²) in [4.78, 5) is 33.8. The third-order valence-corrected chi connectivity index (χ3v) is 8.33. The van der Waals surface area contributed by atoms with E-state index in [0.29, 0.717) is 5.22 Å². The minimum Gasteiger partial charge on any atom is -0.462 e. The van der Waals surface area contributed by atoms with Crippen LogP contribution < -0.4 is 15.5 Å². The summed E-state index contributed by atoms with van der Waals surface area (Å²) in [6.45, 7) is 3.79. The van der Waals surface area contributed by atoms with E-state index in [1.165, 1.54) is 12.0 Å². The fourth-order valence-electron chi connectivity index (χ4n) is 6.73. The molecule has 1 aliphatic carbocycles. The van der Waals surface area contributed by atoms with Gasteiger partial charge in [0, 0.05) is 17.5 Å². The largest absolute Gasteiger partial charge is 0.462 e. The lowest BCUT2D eigenvalue weighted by Crippen LogP contribution is -2.55. The number of allylic oxidation sites excluding steroid dienone is 1. The number of hydrogen-bond donors (Lipinski definition) is 0. The average molecular weight is 535 g/mol. The molecule has 3 aromatic rings. The van der Waals surface area contributed by atoms with E-state index in [1.807, 2.05) is 18.2 Å². The summed E-state index contributed by atoms with van der Waals surface area (Å²) in [6, 6.07) is 26.8. The molecule has 0 saturated heterocycles. The normalized spacial score (nSPS) is 22.6. The number of ether oxygens (including phenoxy) is 2. The van der Waals surface area contributed by atoms with Gasteiger partial charge in [-0.3, -0.25) is 4.99 Å². The molecule has 6 rings (SSSR count). The minimum absolute atomic E-state index is 0.0861. The molecule has 3 aliphatic rings. The van der Waals surface area contributed by atoms with Crippen LogP contribution in [0.25, 0.3) is 11.3 Å². The highest BCUT2D eigenvalue weighted by molar-refractivity contribution is 6.36. The predicted molar refractivity (Wildman–Crippen MR) is 155 cm³/mol. The van der Waals surface area contributed by atoms with Crippen molar-refractivity contribution in [2.75, 3.05) is 18.1 Å². The summed E-state index contributed by atoms with van der Waals surface area (Å²) >= 11 is 0. The number of esters is 2. The molecular formula is C34H34N2O4. The molecule has 0 amide bonds. The smallest absolute Gasteiger partial charge is 0.346 e. The first kappa shape index (κ1) is 26.1. The minimum atomic E-state index is -0.678. The number of benzene rings is 3. The second kappa shape index (κ2) is 10.8. The number of anilines is 1. The Morgan fingerprint density at radius 1 is 0.900 bits per heavy atom. The van der Waals surface area contributed by atoms with Crippen molar-refractivity contribution in [2.45, 2.75) is 51.1 Å². The molecule has 3 unspecified atom stereocenters. The molecule has 3 atom stereocenters. The van der Waals surface area contributed by atoms with E-state index < -0.39 is 17.6 Å². The third-order valence-electron chi connectivity index (χ3n) is 8.33. The predicted octanol–water partition coefficient (Wildman–Crippen LogP) is 5.13. The Balaban J connectivity index is 1.60. The number of rotatable bonds is 6. The zero-order valence-corrected chi connectivity index (χ0v) is 23.0. The van der Waals surface area contributed by atoms with Crippen LogP contribution >= 0.6 is 0 Å². The first-order valence-corrected chi connectivity index (χ1v) is 14.3. The lowest BCUT2D eigenvalue weighted by atomic mass is 9.66. The topological polar surface area (TPSA) is 68.2 Å². The lowest BCUT2D eigenvalue weighted by molar-refractivity contribution is -0.142. The van der Waals surface area contributed by atoms with Crippen LogP contribution in [-0.2, 0) is 19.1 Å². The molecule has 0 radical (unpaired) electrons. The van der Waals surface area contributed by atoms with Gasteiger partial charge in [-0.2, -0.15) is 0 Å². The van der Waals surface area contributed by atoms with Crippen molar-refractivity contribution in [3.63, 3.8) is 0 Å². The van der Waals surface area contributed by atoms with Gasteiger partial charge >= 0.3 is 11.9 Å². The standard InChI is InChI=1S/C34H34N2O4/c1-3-39-32(37)31(33(38)40-4-2)25-18-19-28-30(21-25)36-29(24-15-9-6-10-16-24)22-26(23-13-7-5-8-14-23)27-17-11-12-20-34(27,36)35-28/h5-10,13-16,18-19,21-22,26-27H,3-4,11-12,17,20H2,1-2H3. The van der Waals surface area contributed by atoms with Crippen LogP contribution in [-0.4, -0.2) is 30.8 Å². The van der Waals surface area contributed by atoms with Gasteiger partial charge in [0.1, 0.15) is 5.66 Å². The first-order chi connectivity index (χ1) is 19.6. The molecular weight excluding hydrogens is 500 g/mol. The molecule has 0 aromatic heterocycles. The van der Waals surface area contributed by atoms with Crippen molar-refractivity contribution in [1.29, 1.82) is 0 Å². The first-order valence-electron chi connectivity index (χ1n) is 14.3. The molecule has 0 N–H and O–H groups in total. The number of carbonyl (C=O) groups excluding carboxylic acids is 2. The second-order valence-electron chi connectivity index (χ2n) is 10.6. The Bertz CT molecular complexity index is 1560. The Morgan fingerprint density at radius 2 is 1.57 bits per heavy atom. The molecule has 0 bridgehead atoms. The van der Waals surface area contributed by atoms with Crippen molar-refractivity contribution in [1.82, 2.24) is 0 Å². The molecule has 2 heterocycles. The van der Waals surface area contributed by atoms with E-state index in [2.05, 4.69) is 65.6 Å². The van der Waals surface area contributed by atoms with Gasteiger partial charge in [0.2, 0.25) is 0 Å². The maximum Gasteiger partial charge on any atom is 0.346 e. The second-order valence-corrected chi connectivity index (χ2v) is 10.6. The molecule has 1 fully saturated rings. The number of carbonyl (C=O) groups is 2. The Morgan fingerprint density at radius 3 is 2.25 bits per heavy atom. The summed E-state index contributed by atoms with van der Waals surface area (Å²) in [5.41, 5.74) is 3.87. The van der Waals surface area contributed by atoms with Gasteiger partial charge in [-0.25, -0.2) is 9.59 Å². The lowest BCUT2D eigenvalue weighted by Gasteiger charge is -2.53. The quantitative estimate of drug-likeness (QED) is 0.324. The molecule has 40 heavy (non-hydrogen) atoms. The van der Waals surface area contributed by atoms with E-state index in [4.69, 9.17) is 14.5 Å². The maximum absolute atomic E-state index is 12.9. The fraction of sp³-hybridized carbons (Fsp3) is 0.324. The molecule has 1 spiro atoms. The summed E-state index contributed by atoms with van der Waals surface area (Å²) in [5, 5.41) is 1.35. The molecule has 204 valence electrons. The van der Waals surface area contributed by atoms with Gasteiger partial charge in [0.25, 0.3) is 0 Å². The maximum atomic E-state index is 12.9. The summed E-state index contributed by atoms with van der Waals surface area (Å²) in [7, 11) is 0. The monoisotopic (exact) mass is 534 g/mol. The molecule has 6 heteroatoms. The Hall–Kier alpha value is -4.19. The van der Waals surface area contributed by atoms with Crippen LogP contribution in [0.5, 0.6) is 0 Å². The van der Waals surface area contributed by atoms with Crippen LogP contribution in [0, 0.1) is 5.92 Å². The van der Waals surface area contributed by atoms with Crippen molar-refractivity contribution in [3.05, 3.63) is 107 Å². The van der Waals surface area contributed by atoms with Crippen LogP contribution in [0.1, 0.15) is 56.6 Å². The van der Waals surface area contributed by atoms with Crippen molar-refractivity contribution in [2.24, 2.45) is 10.9 Å². The third kappa shape index (κ3) is 4.32. The van der Waals surface area contributed by atoms with Gasteiger partial charge < -0.3 is 14.4 Å². The highest BCUT2D eigenvalue weighted by atomic mass is 16.6. The van der Waals surface area contributed by atoms with Gasteiger partial charge in [0.15, 0.2) is 5.57 Å². The zero-order chi connectivity index (χ0) is 27.7.